The van der Waals surface area contributed by atoms with Gasteiger partial charge in [0.1, 0.15) is 0 Å². The fourth-order valence-corrected chi connectivity index (χ4v) is 9.16. The minimum absolute atomic E-state index is 1.15. The van der Waals surface area contributed by atoms with Crippen LogP contribution < -0.4 is 0 Å². The number of benzene rings is 2. The summed E-state index contributed by atoms with van der Waals surface area (Å²) in [6.07, 6.45) is 7.22. The molecule has 0 saturated heterocycles. The molecule has 0 nitrogen and oxygen atoms in total. The van der Waals surface area contributed by atoms with Gasteiger partial charge in [0, 0.05) is 0 Å². The average Bonchev–Trinajstić information content (AvgIpc) is 2.60. The quantitative estimate of drug-likeness (QED) is 0.329. The number of hydrogen-bond acceptors (Lipinski definition) is 0. The Morgan fingerprint density at radius 1 is 0.708 bits per heavy atom. The van der Waals surface area contributed by atoms with E-state index in [1.54, 1.807) is 0 Å². The van der Waals surface area contributed by atoms with Crippen LogP contribution in [0.1, 0.15) is 61.8 Å². The standard InChI is InChI=1S/C21H26.2ClH.Hf/c1-3-5-7-18-9-13-20(14-10-18)17-21-15-11-19(12-16-21)8-6-4-2;;;/h9-16H,3-8H2,1-2H3;2*1H;/q;;;+2/p-2. The van der Waals surface area contributed by atoms with Gasteiger partial charge in [-0.25, -0.2) is 0 Å². The monoisotopic (exact) mass is 528 g/mol. The van der Waals surface area contributed by atoms with Crippen molar-refractivity contribution in [1.82, 2.24) is 0 Å². The van der Waals surface area contributed by atoms with E-state index < -0.39 is 18.6 Å². The molecule has 3 heteroatoms. The Balaban J connectivity index is 2.22. The van der Waals surface area contributed by atoms with Crippen LogP contribution in [0.4, 0.5) is 0 Å². The Morgan fingerprint density at radius 3 is 1.38 bits per heavy atom. The molecule has 2 rings (SSSR count). The molecular weight excluding hydrogens is 502 g/mol. The van der Waals surface area contributed by atoms with Crippen molar-refractivity contribution in [3.8, 4) is 0 Å². The third-order valence-corrected chi connectivity index (χ3v) is 10.8. The van der Waals surface area contributed by atoms with Gasteiger partial charge < -0.3 is 0 Å². The van der Waals surface area contributed by atoms with Crippen molar-refractivity contribution in [1.29, 1.82) is 0 Å². The zero-order valence-electron chi connectivity index (χ0n) is 14.6. The predicted molar refractivity (Wildman–Crippen MR) is 105 cm³/mol. The molecule has 2 aromatic rings. The van der Waals surface area contributed by atoms with E-state index in [1.807, 2.05) is 0 Å². The van der Waals surface area contributed by atoms with Gasteiger partial charge in [-0.05, 0) is 0 Å². The number of hydrogen-bond donors (Lipinski definition) is 0. The molecule has 0 unspecified atom stereocenters. The van der Waals surface area contributed by atoms with Crippen LogP contribution in [0.3, 0.4) is 0 Å². The van der Waals surface area contributed by atoms with Crippen LogP contribution in [-0.4, -0.2) is 3.26 Å². The van der Waals surface area contributed by atoms with Crippen LogP contribution in [0.25, 0.3) is 0 Å². The Kier molecular flexibility index (Phi) is 8.94. The zero-order valence-corrected chi connectivity index (χ0v) is 19.7. The maximum absolute atomic E-state index is 6.50. The zero-order chi connectivity index (χ0) is 17.4. The van der Waals surface area contributed by atoms with E-state index in [4.69, 9.17) is 17.2 Å². The topological polar surface area (TPSA) is 0 Å². The average molecular weight is 528 g/mol. The van der Waals surface area contributed by atoms with Gasteiger partial charge >= 0.3 is 162 Å². The molecule has 0 bridgehead atoms. The van der Waals surface area contributed by atoms with Crippen molar-refractivity contribution in [2.24, 2.45) is 0 Å². The molecule has 0 aliphatic heterocycles. The second kappa shape index (κ2) is 10.7. The van der Waals surface area contributed by atoms with Gasteiger partial charge in [0.05, 0.1) is 0 Å². The molecule has 0 aliphatic carbocycles. The summed E-state index contributed by atoms with van der Waals surface area (Å²) in [6, 6.07) is 17.7. The summed E-state index contributed by atoms with van der Waals surface area (Å²) in [4.78, 5) is 0. The van der Waals surface area contributed by atoms with Crippen molar-refractivity contribution in [2.45, 2.75) is 52.4 Å². The molecule has 0 saturated carbocycles. The summed E-state index contributed by atoms with van der Waals surface area (Å²) in [5, 5.41) is 0. The van der Waals surface area contributed by atoms with Crippen LogP contribution in [0.5, 0.6) is 0 Å². The van der Waals surface area contributed by atoms with E-state index in [0.717, 1.165) is 12.8 Å². The van der Waals surface area contributed by atoms with E-state index in [2.05, 4.69) is 62.4 Å². The van der Waals surface area contributed by atoms with E-state index in [0.29, 0.717) is 0 Å². The molecular formula is C21H26Cl2Hf. The van der Waals surface area contributed by atoms with Gasteiger partial charge in [0.15, 0.2) is 0 Å². The first-order chi connectivity index (χ1) is 11.7. The van der Waals surface area contributed by atoms with Gasteiger partial charge in [-0.3, -0.25) is 0 Å². The first-order valence-electron chi connectivity index (χ1n) is 8.89. The predicted octanol–water partition coefficient (Wildman–Crippen LogP) is 6.87. The first kappa shape index (κ1) is 20.1. The summed E-state index contributed by atoms with van der Waals surface area (Å²) in [5.41, 5.74) is 5.18. The fraction of sp³-hybridized carbons (Fsp3) is 0.381. The molecule has 0 N–H and O–H groups in total. The molecule has 0 radical (unpaired) electrons. The SMILES string of the molecule is CCCCc1ccc([C](c2ccc(CCCC)cc2)=[Hf]([Cl])[Cl])cc1. The van der Waals surface area contributed by atoms with Crippen LogP contribution in [0, 0.1) is 0 Å². The van der Waals surface area contributed by atoms with Crippen LogP contribution in [0.2, 0.25) is 0 Å². The second-order valence-corrected chi connectivity index (χ2v) is 17.7. The van der Waals surface area contributed by atoms with Crippen LogP contribution >= 0.6 is 17.2 Å². The van der Waals surface area contributed by atoms with Crippen molar-refractivity contribution in [2.75, 3.05) is 0 Å². The summed E-state index contributed by atoms with van der Waals surface area (Å²) in [7, 11) is 13.0. The van der Waals surface area contributed by atoms with Gasteiger partial charge in [-0.15, -0.1) is 0 Å². The number of aryl methyl sites for hydroxylation is 2. The van der Waals surface area contributed by atoms with Crippen LogP contribution in [-0.2, 0) is 31.4 Å². The van der Waals surface area contributed by atoms with Crippen LogP contribution in [0.15, 0.2) is 48.5 Å². The summed E-state index contributed by atoms with van der Waals surface area (Å²) >= 11 is -2.71. The Bertz CT molecular complexity index is 600. The number of halogens is 2. The summed E-state index contributed by atoms with van der Waals surface area (Å²) < 4.78 is 1.20. The normalized spacial score (nSPS) is 10.7. The Hall–Kier alpha value is -0.240. The molecule has 2 aromatic carbocycles. The molecule has 24 heavy (non-hydrogen) atoms. The van der Waals surface area contributed by atoms with E-state index in [1.165, 1.54) is 51.2 Å². The molecule has 0 amide bonds. The molecule has 128 valence electrons. The van der Waals surface area contributed by atoms with Crippen molar-refractivity contribution < 1.29 is 18.6 Å². The summed E-state index contributed by atoms with van der Waals surface area (Å²) in [6.45, 7) is 4.45. The fourth-order valence-electron chi connectivity index (χ4n) is 2.82. The molecule has 0 aromatic heterocycles. The van der Waals surface area contributed by atoms with E-state index in [9.17, 15) is 0 Å². The van der Waals surface area contributed by atoms with Crippen molar-refractivity contribution in [3.05, 3.63) is 70.8 Å². The van der Waals surface area contributed by atoms with E-state index >= 15 is 0 Å². The maximum atomic E-state index is 6.50. The molecule has 0 heterocycles. The molecule has 0 aliphatic rings. The summed E-state index contributed by atoms with van der Waals surface area (Å²) in [5.74, 6) is 0. The van der Waals surface area contributed by atoms with Gasteiger partial charge in [0.2, 0.25) is 0 Å². The third kappa shape index (κ3) is 5.93. The third-order valence-electron chi connectivity index (χ3n) is 4.31. The minimum atomic E-state index is -2.71. The molecule has 0 spiro atoms. The van der Waals surface area contributed by atoms with Gasteiger partial charge in [0.25, 0.3) is 0 Å². The van der Waals surface area contributed by atoms with Crippen molar-refractivity contribution >= 4 is 20.4 Å². The first-order valence-corrected chi connectivity index (χ1v) is 19.6. The van der Waals surface area contributed by atoms with E-state index in [-0.39, 0.29) is 0 Å². The van der Waals surface area contributed by atoms with Gasteiger partial charge in [-0.2, -0.15) is 0 Å². The van der Waals surface area contributed by atoms with Crippen molar-refractivity contribution in [3.63, 3.8) is 0 Å². The number of unbranched alkanes of at least 4 members (excludes halogenated alkanes) is 2. The van der Waals surface area contributed by atoms with Gasteiger partial charge in [-0.1, -0.05) is 0 Å². The Labute approximate surface area is 161 Å². The number of rotatable bonds is 8. The Morgan fingerprint density at radius 2 is 1.08 bits per heavy atom. The molecule has 0 fully saturated rings. The molecule has 0 atom stereocenters. The second-order valence-electron chi connectivity index (χ2n) is 6.24.